The van der Waals surface area contributed by atoms with Crippen LogP contribution in [-0.2, 0) is 0 Å². The van der Waals surface area contributed by atoms with Crippen molar-refractivity contribution in [1.82, 2.24) is 5.32 Å². The van der Waals surface area contributed by atoms with Gasteiger partial charge in [-0.1, -0.05) is 23.2 Å². The van der Waals surface area contributed by atoms with E-state index in [-0.39, 0.29) is 19.0 Å². The molecule has 1 aliphatic rings. The Morgan fingerprint density at radius 2 is 1.94 bits per heavy atom. The lowest BCUT2D eigenvalue weighted by Crippen LogP contribution is -2.45. The lowest BCUT2D eigenvalue weighted by molar-refractivity contribution is -0.0285. The Bertz CT molecular complexity index is 395. The topological polar surface area (TPSA) is 41.5 Å². The highest BCUT2D eigenvalue weighted by molar-refractivity contribution is 6.35. The third kappa shape index (κ3) is 4.18. The molecule has 0 bridgehead atoms. The highest BCUT2D eigenvalue weighted by atomic mass is 35.5. The Kier molecular flexibility index (Phi) is 6.02. The molecule has 1 fully saturated rings. The van der Waals surface area contributed by atoms with Gasteiger partial charge in [0.2, 0.25) is 0 Å². The van der Waals surface area contributed by atoms with Crippen LogP contribution in [0.3, 0.4) is 0 Å². The zero-order valence-electron chi connectivity index (χ0n) is 9.79. The van der Waals surface area contributed by atoms with Crippen LogP contribution in [0.4, 0.5) is 0 Å². The summed E-state index contributed by atoms with van der Waals surface area (Å²) >= 11 is 11.8. The van der Waals surface area contributed by atoms with E-state index >= 15 is 0 Å². The van der Waals surface area contributed by atoms with Gasteiger partial charge in [-0.05, 0) is 44.1 Å². The molecular weight excluding hydrogens is 296 g/mol. The molecule has 18 heavy (non-hydrogen) atoms. The number of ether oxygens (including phenoxy) is 1. The molecule has 0 atom stereocenters. The molecule has 3 nitrogen and oxygen atoms in total. The van der Waals surface area contributed by atoms with Crippen molar-refractivity contribution in [3.8, 4) is 5.75 Å². The smallest absolute Gasteiger partial charge is 0.138 e. The van der Waals surface area contributed by atoms with Crippen molar-refractivity contribution < 1.29 is 9.84 Å². The van der Waals surface area contributed by atoms with Gasteiger partial charge >= 0.3 is 0 Å². The molecule has 1 heterocycles. The predicted molar refractivity (Wildman–Crippen MR) is 76.3 cm³/mol. The lowest BCUT2D eigenvalue weighted by atomic mass is 9.94. The van der Waals surface area contributed by atoms with E-state index in [1.165, 1.54) is 0 Å². The summed E-state index contributed by atoms with van der Waals surface area (Å²) in [4.78, 5) is 0. The number of halogens is 3. The largest absolute Gasteiger partial charge is 0.489 e. The van der Waals surface area contributed by atoms with Crippen molar-refractivity contribution in [1.29, 1.82) is 0 Å². The highest BCUT2D eigenvalue weighted by Crippen LogP contribution is 2.29. The van der Waals surface area contributed by atoms with Crippen LogP contribution < -0.4 is 10.1 Å². The van der Waals surface area contributed by atoms with E-state index in [0.717, 1.165) is 13.1 Å². The molecular formula is C12H16Cl3NO2. The van der Waals surface area contributed by atoms with Crippen LogP contribution in [0.25, 0.3) is 0 Å². The minimum atomic E-state index is -0.756. The number of piperidine rings is 1. The van der Waals surface area contributed by atoms with Crippen molar-refractivity contribution >= 4 is 35.6 Å². The predicted octanol–water partition coefficient (Wildman–Crippen LogP) is 2.91. The second-order valence-electron chi connectivity index (χ2n) is 4.34. The maximum absolute atomic E-state index is 10.2. The van der Waals surface area contributed by atoms with Gasteiger partial charge in [0.25, 0.3) is 0 Å². The Labute approximate surface area is 123 Å². The Morgan fingerprint density at radius 1 is 1.28 bits per heavy atom. The van der Waals surface area contributed by atoms with Crippen LogP contribution in [0.1, 0.15) is 12.8 Å². The Balaban J connectivity index is 0.00000162. The number of aliphatic hydroxyl groups is 1. The summed E-state index contributed by atoms with van der Waals surface area (Å²) in [6.07, 6.45) is 1.39. The van der Waals surface area contributed by atoms with Gasteiger partial charge < -0.3 is 15.2 Å². The van der Waals surface area contributed by atoms with E-state index in [1.807, 2.05) is 0 Å². The van der Waals surface area contributed by atoms with E-state index in [1.54, 1.807) is 18.2 Å². The quantitative estimate of drug-likeness (QED) is 0.902. The maximum Gasteiger partial charge on any atom is 0.138 e. The Hall–Kier alpha value is -0.190. The van der Waals surface area contributed by atoms with E-state index in [4.69, 9.17) is 27.9 Å². The number of nitrogens with one attached hydrogen (secondary N) is 1. The number of benzene rings is 1. The van der Waals surface area contributed by atoms with Gasteiger partial charge in [-0.3, -0.25) is 0 Å². The number of rotatable bonds is 3. The zero-order chi connectivity index (χ0) is 12.3. The summed E-state index contributed by atoms with van der Waals surface area (Å²) in [7, 11) is 0. The van der Waals surface area contributed by atoms with Crippen LogP contribution in [-0.4, -0.2) is 30.4 Å². The summed E-state index contributed by atoms with van der Waals surface area (Å²) in [5.41, 5.74) is -0.756. The third-order valence-electron chi connectivity index (χ3n) is 2.92. The second kappa shape index (κ2) is 6.83. The van der Waals surface area contributed by atoms with E-state index < -0.39 is 5.60 Å². The van der Waals surface area contributed by atoms with Crippen LogP contribution in [0.5, 0.6) is 5.75 Å². The molecule has 1 aromatic carbocycles. The average molecular weight is 313 g/mol. The summed E-state index contributed by atoms with van der Waals surface area (Å²) in [6, 6.07) is 5.06. The van der Waals surface area contributed by atoms with E-state index in [0.29, 0.717) is 28.6 Å². The molecule has 0 saturated carbocycles. The molecule has 0 amide bonds. The van der Waals surface area contributed by atoms with Gasteiger partial charge in [0.1, 0.15) is 18.0 Å². The number of hydrogen-bond acceptors (Lipinski definition) is 3. The zero-order valence-corrected chi connectivity index (χ0v) is 12.1. The SMILES string of the molecule is Cl.OC1(COc2ccc(Cl)cc2Cl)CCNCC1. The molecule has 1 aromatic rings. The maximum atomic E-state index is 10.2. The fourth-order valence-corrected chi connectivity index (χ4v) is 2.30. The first-order valence-corrected chi connectivity index (χ1v) is 6.36. The minimum Gasteiger partial charge on any atom is -0.489 e. The van der Waals surface area contributed by atoms with Crippen molar-refractivity contribution in [2.24, 2.45) is 0 Å². The van der Waals surface area contributed by atoms with Crippen molar-refractivity contribution in [3.63, 3.8) is 0 Å². The van der Waals surface area contributed by atoms with Gasteiger partial charge in [0.15, 0.2) is 0 Å². The van der Waals surface area contributed by atoms with Crippen LogP contribution in [0, 0.1) is 0 Å². The van der Waals surface area contributed by atoms with Crippen LogP contribution in [0.2, 0.25) is 10.0 Å². The van der Waals surface area contributed by atoms with Crippen molar-refractivity contribution in [2.45, 2.75) is 18.4 Å². The fourth-order valence-electron chi connectivity index (χ4n) is 1.84. The second-order valence-corrected chi connectivity index (χ2v) is 5.18. The summed E-state index contributed by atoms with van der Waals surface area (Å²) in [5, 5.41) is 14.5. The molecule has 2 N–H and O–H groups in total. The third-order valence-corrected chi connectivity index (χ3v) is 3.46. The minimum absolute atomic E-state index is 0. The first-order valence-electron chi connectivity index (χ1n) is 5.60. The van der Waals surface area contributed by atoms with Gasteiger partial charge in [-0.15, -0.1) is 12.4 Å². The van der Waals surface area contributed by atoms with Crippen LogP contribution in [0.15, 0.2) is 18.2 Å². The molecule has 102 valence electrons. The molecule has 6 heteroatoms. The first-order chi connectivity index (χ1) is 8.09. The summed E-state index contributed by atoms with van der Waals surface area (Å²) in [6.45, 7) is 1.89. The monoisotopic (exact) mass is 311 g/mol. The normalized spacial score (nSPS) is 17.9. The lowest BCUT2D eigenvalue weighted by Gasteiger charge is -2.32. The van der Waals surface area contributed by atoms with E-state index in [9.17, 15) is 5.11 Å². The average Bonchev–Trinajstić information content (AvgIpc) is 2.29. The Morgan fingerprint density at radius 3 is 2.56 bits per heavy atom. The summed E-state index contributed by atoms with van der Waals surface area (Å²) in [5.74, 6) is 0.558. The van der Waals surface area contributed by atoms with Crippen molar-refractivity contribution in [3.05, 3.63) is 28.2 Å². The van der Waals surface area contributed by atoms with Gasteiger partial charge in [0, 0.05) is 5.02 Å². The standard InChI is InChI=1S/C12H15Cl2NO2.ClH/c13-9-1-2-11(10(14)7-9)17-8-12(16)3-5-15-6-4-12;/h1-2,7,15-16H,3-6,8H2;1H. The summed E-state index contributed by atoms with van der Waals surface area (Å²) < 4.78 is 5.57. The highest BCUT2D eigenvalue weighted by Gasteiger charge is 2.30. The van der Waals surface area contributed by atoms with Crippen molar-refractivity contribution in [2.75, 3.05) is 19.7 Å². The fraction of sp³-hybridized carbons (Fsp3) is 0.500. The molecule has 1 saturated heterocycles. The molecule has 2 rings (SSSR count). The van der Waals surface area contributed by atoms with Crippen LogP contribution >= 0.6 is 35.6 Å². The first kappa shape index (κ1) is 15.9. The van der Waals surface area contributed by atoms with Gasteiger partial charge in [0.05, 0.1) is 5.02 Å². The molecule has 0 aromatic heterocycles. The number of hydrogen-bond donors (Lipinski definition) is 2. The van der Waals surface area contributed by atoms with E-state index in [2.05, 4.69) is 5.32 Å². The molecule has 1 aliphatic heterocycles. The molecule has 0 radical (unpaired) electrons. The van der Waals surface area contributed by atoms with Gasteiger partial charge in [-0.2, -0.15) is 0 Å². The van der Waals surface area contributed by atoms with Gasteiger partial charge in [-0.25, -0.2) is 0 Å². The molecule has 0 spiro atoms. The molecule has 0 unspecified atom stereocenters. The molecule has 0 aliphatic carbocycles.